The second kappa shape index (κ2) is 9.76. The summed E-state index contributed by atoms with van der Waals surface area (Å²) >= 11 is 1.57. The van der Waals surface area contributed by atoms with Gasteiger partial charge in [-0.05, 0) is 36.8 Å². The molecule has 4 nitrogen and oxygen atoms in total. The van der Waals surface area contributed by atoms with Crippen LogP contribution in [0.15, 0.2) is 84.9 Å². The summed E-state index contributed by atoms with van der Waals surface area (Å²) in [6.07, 6.45) is 0. The van der Waals surface area contributed by atoms with E-state index >= 15 is 0 Å². The summed E-state index contributed by atoms with van der Waals surface area (Å²) in [6.45, 7) is 1.88. The zero-order chi connectivity index (χ0) is 19.8. The highest BCUT2D eigenvalue weighted by Gasteiger charge is 2.16. The molecule has 0 spiro atoms. The minimum Gasteiger partial charge on any atom is -0.323 e. The SMILES string of the molecule is CC(SCc1ccccc1)C(=O)Nc1ccccc1NC(=O)c1ccccc1. The average Bonchev–Trinajstić information content (AvgIpc) is 2.74. The van der Waals surface area contributed by atoms with Crippen LogP contribution in [0, 0.1) is 0 Å². The van der Waals surface area contributed by atoms with E-state index in [0.29, 0.717) is 16.9 Å². The van der Waals surface area contributed by atoms with Gasteiger partial charge in [0.15, 0.2) is 0 Å². The molecule has 1 atom stereocenters. The third-order valence-electron chi connectivity index (χ3n) is 4.18. The maximum Gasteiger partial charge on any atom is 0.255 e. The Kier molecular flexibility index (Phi) is 6.87. The minimum atomic E-state index is -0.224. The maximum atomic E-state index is 12.6. The van der Waals surface area contributed by atoms with Gasteiger partial charge >= 0.3 is 0 Å². The zero-order valence-electron chi connectivity index (χ0n) is 15.6. The van der Waals surface area contributed by atoms with Gasteiger partial charge in [-0.3, -0.25) is 9.59 Å². The molecule has 0 aliphatic rings. The number of anilines is 2. The molecule has 1 unspecified atom stereocenters. The Bertz CT molecular complexity index is 930. The molecule has 142 valence electrons. The van der Waals surface area contributed by atoms with Crippen molar-refractivity contribution < 1.29 is 9.59 Å². The van der Waals surface area contributed by atoms with E-state index in [0.717, 1.165) is 5.75 Å². The normalized spacial score (nSPS) is 11.5. The van der Waals surface area contributed by atoms with Crippen LogP contribution in [0.25, 0.3) is 0 Å². The summed E-state index contributed by atoms with van der Waals surface area (Å²) < 4.78 is 0. The molecule has 0 bridgehead atoms. The van der Waals surface area contributed by atoms with Crippen LogP contribution in [0.1, 0.15) is 22.8 Å². The van der Waals surface area contributed by atoms with E-state index in [1.54, 1.807) is 36.0 Å². The number of thioether (sulfide) groups is 1. The van der Waals surface area contributed by atoms with Crippen molar-refractivity contribution in [2.75, 3.05) is 10.6 Å². The Morgan fingerprint density at radius 2 is 1.32 bits per heavy atom. The lowest BCUT2D eigenvalue weighted by molar-refractivity contribution is -0.115. The fourth-order valence-corrected chi connectivity index (χ4v) is 3.44. The van der Waals surface area contributed by atoms with Crippen molar-refractivity contribution in [3.05, 3.63) is 96.1 Å². The molecule has 0 fully saturated rings. The first-order chi connectivity index (χ1) is 13.6. The molecule has 0 saturated carbocycles. The minimum absolute atomic E-state index is 0.0951. The van der Waals surface area contributed by atoms with Crippen molar-refractivity contribution in [2.45, 2.75) is 17.9 Å². The first-order valence-corrected chi connectivity index (χ1v) is 10.1. The van der Waals surface area contributed by atoms with Crippen LogP contribution < -0.4 is 10.6 Å². The molecule has 0 aliphatic heterocycles. The van der Waals surface area contributed by atoms with Crippen molar-refractivity contribution in [1.29, 1.82) is 0 Å². The lowest BCUT2D eigenvalue weighted by Gasteiger charge is -2.15. The predicted octanol–water partition coefficient (Wildman–Crippen LogP) is 5.20. The third-order valence-corrected chi connectivity index (χ3v) is 5.40. The molecule has 5 heteroatoms. The second-order valence-corrected chi connectivity index (χ2v) is 7.62. The number of carbonyl (C=O) groups excluding carboxylic acids is 2. The van der Waals surface area contributed by atoms with E-state index in [1.807, 2.05) is 67.6 Å². The van der Waals surface area contributed by atoms with Crippen molar-refractivity contribution in [3.8, 4) is 0 Å². The molecule has 2 N–H and O–H groups in total. The van der Waals surface area contributed by atoms with Gasteiger partial charge in [-0.25, -0.2) is 0 Å². The van der Waals surface area contributed by atoms with Gasteiger partial charge in [0.2, 0.25) is 5.91 Å². The summed E-state index contributed by atoms with van der Waals surface area (Å²) in [5, 5.41) is 5.57. The molecule has 28 heavy (non-hydrogen) atoms. The Morgan fingerprint density at radius 1 is 0.786 bits per heavy atom. The van der Waals surface area contributed by atoms with Gasteiger partial charge in [-0.2, -0.15) is 0 Å². The van der Waals surface area contributed by atoms with Gasteiger partial charge in [0, 0.05) is 11.3 Å². The third kappa shape index (κ3) is 5.47. The monoisotopic (exact) mass is 390 g/mol. The highest BCUT2D eigenvalue weighted by atomic mass is 32.2. The van der Waals surface area contributed by atoms with Crippen LogP contribution >= 0.6 is 11.8 Å². The average molecular weight is 391 g/mol. The van der Waals surface area contributed by atoms with E-state index in [1.165, 1.54) is 5.56 Å². The molecule has 3 aromatic rings. The molecular formula is C23H22N2O2S. The van der Waals surface area contributed by atoms with Crippen LogP contribution in [0.5, 0.6) is 0 Å². The number of hydrogen-bond acceptors (Lipinski definition) is 3. The van der Waals surface area contributed by atoms with Crippen molar-refractivity contribution in [1.82, 2.24) is 0 Å². The van der Waals surface area contributed by atoms with E-state index in [4.69, 9.17) is 0 Å². The van der Waals surface area contributed by atoms with E-state index in [-0.39, 0.29) is 17.1 Å². The zero-order valence-corrected chi connectivity index (χ0v) is 16.4. The van der Waals surface area contributed by atoms with Crippen LogP contribution in [-0.2, 0) is 10.5 Å². The number of benzene rings is 3. The number of nitrogens with one attached hydrogen (secondary N) is 2. The van der Waals surface area contributed by atoms with Gasteiger partial charge in [-0.1, -0.05) is 60.7 Å². The Morgan fingerprint density at radius 3 is 1.96 bits per heavy atom. The maximum absolute atomic E-state index is 12.6. The molecule has 2 amide bonds. The van der Waals surface area contributed by atoms with Gasteiger partial charge in [0.25, 0.3) is 5.91 Å². The molecule has 0 saturated heterocycles. The Balaban J connectivity index is 1.62. The first-order valence-electron chi connectivity index (χ1n) is 9.05. The van der Waals surface area contributed by atoms with E-state index < -0.39 is 0 Å². The predicted molar refractivity (Wildman–Crippen MR) is 117 cm³/mol. The molecule has 0 aliphatic carbocycles. The topological polar surface area (TPSA) is 58.2 Å². The Hall–Kier alpha value is -3.05. The summed E-state index contributed by atoms with van der Waals surface area (Å²) in [4.78, 5) is 25.0. The molecule has 0 radical (unpaired) electrons. The number of hydrogen-bond donors (Lipinski definition) is 2. The number of carbonyl (C=O) groups is 2. The summed E-state index contributed by atoms with van der Waals surface area (Å²) in [6, 6.07) is 26.3. The number of rotatable bonds is 7. The quantitative estimate of drug-likeness (QED) is 0.583. The Labute approximate surface area is 169 Å². The van der Waals surface area contributed by atoms with Crippen LogP contribution in [-0.4, -0.2) is 17.1 Å². The smallest absolute Gasteiger partial charge is 0.255 e. The lowest BCUT2D eigenvalue weighted by atomic mass is 10.2. The van der Waals surface area contributed by atoms with E-state index in [2.05, 4.69) is 10.6 Å². The van der Waals surface area contributed by atoms with Crippen molar-refractivity contribution in [2.24, 2.45) is 0 Å². The molecule has 0 heterocycles. The van der Waals surface area contributed by atoms with Gasteiger partial charge in [0.1, 0.15) is 0 Å². The fraction of sp³-hybridized carbons (Fsp3) is 0.130. The summed E-state index contributed by atoms with van der Waals surface area (Å²) in [5.74, 6) is 0.457. The second-order valence-electron chi connectivity index (χ2n) is 6.29. The van der Waals surface area contributed by atoms with Gasteiger partial charge in [-0.15, -0.1) is 11.8 Å². The molecule has 0 aromatic heterocycles. The van der Waals surface area contributed by atoms with Crippen LogP contribution in [0.3, 0.4) is 0 Å². The number of amides is 2. The number of para-hydroxylation sites is 2. The molecular weight excluding hydrogens is 368 g/mol. The largest absolute Gasteiger partial charge is 0.323 e. The molecule has 3 aromatic carbocycles. The standard InChI is InChI=1S/C23H22N2O2S/c1-17(28-16-18-10-4-2-5-11-18)22(26)24-20-14-8-9-15-21(20)25-23(27)19-12-6-3-7-13-19/h2-15,17H,16H2,1H3,(H,24,26)(H,25,27). The summed E-state index contributed by atoms with van der Waals surface area (Å²) in [5.41, 5.74) is 2.91. The first kappa shape index (κ1) is 19.7. The lowest BCUT2D eigenvalue weighted by Crippen LogP contribution is -2.23. The highest BCUT2D eigenvalue weighted by Crippen LogP contribution is 2.24. The highest BCUT2D eigenvalue weighted by molar-refractivity contribution is 7.99. The van der Waals surface area contributed by atoms with Crippen molar-refractivity contribution in [3.63, 3.8) is 0 Å². The van der Waals surface area contributed by atoms with E-state index in [9.17, 15) is 9.59 Å². The van der Waals surface area contributed by atoms with Gasteiger partial charge < -0.3 is 10.6 Å². The van der Waals surface area contributed by atoms with Crippen LogP contribution in [0.4, 0.5) is 11.4 Å². The fourth-order valence-electron chi connectivity index (χ4n) is 2.59. The summed E-state index contributed by atoms with van der Waals surface area (Å²) in [7, 11) is 0. The van der Waals surface area contributed by atoms with Crippen LogP contribution in [0.2, 0.25) is 0 Å². The van der Waals surface area contributed by atoms with Gasteiger partial charge in [0.05, 0.1) is 16.6 Å². The van der Waals surface area contributed by atoms with Crippen molar-refractivity contribution >= 4 is 35.0 Å². The molecule has 3 rings (SSSR count).